The Labute approximate surface area is 193 Å². The summed E-state index contributed by atoms with van der Waals surface area (Å²) in [5.41, 5.74) is -3.09. The summed E-state index contributed by atoms with van der Waals surface area (Å²) in [5, 5.41) is 35.2. The van der Waals surface area contributed by atoms with Crippen molar-refractivity contribution in [3.05, 3.63) is 36.3 Å². The van der Waals surface area contributed by atoms with Crippen molar-refractivity contribution in [3.8, 4) is 0 Å². The molecule has 3 N–H and O–H groups in total. The van der Waals surface area contributed by atoms with Crippen molar-refractivity contribution < 1.29 is 34.0 Å². The molecule has 2 aliphatic heterocycles. The van der Waals surface area contributed by atoms with Crippen LogP contribution >= 0.6 is 0 Å². The predicted octanol–water partition coefficient (Wildman–Crippen LogP) is 2.55. The first-order chi connectivity index (χ1) is 15.4. The van der Waals surface area contributed by atoms with Gasteiger partial charge in [0.15, 0.2) is 0 Å². The molecule has 1 aromatic rings. The zero-order chi connectivity index (χ0) is 23.8. The van der Waals surface area contributed by atoms with Crippen LogP contribution in [0.15, 0.2) is 35.2 Å². The topological polar surface area (TPSA) is 109 Å². The van der Waals surface area contributed by atoms with Gasteiger partial charge in [-0.05, 0) is 43.7 Å². The van der Waals surface area contributed by atoms with Gasteiger partial charge in [0.2, 0.25) is 0 Å². The summed E-state index contributed by atoms with van der Waals surface area (Å²) in [6.45, 7) is 9.93. The summed E-state index contributed by atoms with van der Waals surface area (Å²) in [6, 6.07) is 1.86. The summed E-state index contributed by atoms with van der Waals surface area (Å²) in [5.74, 6) is -1.19. The molecule has 7 nitrogen and oxygen atoms in total. The maximum absolute atomic E-state index is 12.4. The Bertz CT molecular complexity index is 1030. The number of carbonyl (C=O) groups is 1. The van der Waals surface area contributed by atoms with Crippen LogP contribution in [0.5, 0.6) is 0 Å². The molecule has 7 heteroatoms. The number of fused-ring (bicyclic) bond motifs is 2. The molecule has 1 aromatic heterocycles. The van der Waals surface area contributed by atoms with Crippen LogP contribution in [0, 0.1) is 28.1 Å². The van der Waals surface area contributed by atoms with Gasteiger partial charge in [0.25, 0.3) is 0 Å². The van der Waals surface area contributed by atoms with E-state index in [9.17, 15) is 20.1 Å². The Morgan fingerprint density at radius 3 is 2.42 bits per heavy atom. The Morgan fingerprint density at radius 1 is 1.03 bits per heavy atom. The molecule has 6 rings (SSSR count). The van der Waals surface area contributed by atoms with Gasteiger partial charge in [-0.3, -0.25) is 0 Å². The summed E-state index contributed by atoms with van der Waals surface area (Å²) >= 11 is 0. The minimum absolute atomic E-state index is 0.123. The van der Waals surface area contributed by atoms with E-state index in [0.717, 1.165) is 5.56 Å². The third kappa shape index (κ3) is 2.11. The normalized spacial score (nSPS) is 56.1. The fourth-order valence-electron chi connectivity index (χ4n) is 9.61. The summed E-state index contributed by atoms with van der Waals surface area (Å²) in [6.07, 6.45) is 4.39. The lowest BCUT2D eigenvalue weighted by molar-refractivity contribution is -0.457. The summed E-state index contributed by atoms with van der Waals surface area (Å²) in [4.78, 5) is 12.4. The quantitative estimate of drug-likeness (QED) is 0.555. The molecule has 3 heterocycles. The Kier molecular flexibility index (Phi) is 4.05. The number of cyclic esters (lactones) is 1. The van der Waals surface area contributed by atoms with E-state index in [1.165, 1.54) is 6.08 Å². The highest BCUT2D eigenvalue weighted by Crippen LogP contribution is 2.81. The fraction of sp³-hybridized carbons (Fsp3) is 0.731. The number of ether oxygens (including phenoxy) is 2. The largest absolute Gasteiger partial charge is 0.472 e. The van der Waals surface area contributed by atoms with Gasteiger partial charge in [0.1, 0.15) is 11.2 Å². The third-order valence-corrected chi connectivity index (χ3v) is 10.8. The van der Waals surface area contributed by atoms with Crippen LogP contribution in [0.2, 0.25) is 0 Å². The maximum Gasteiger partial charge on any atom is 0.330 e. The van der Waals surface area contributed by atoms with Gasteiger partial charge < -0.3 is 29.2 Å². The number of aliphatic hydroxyl groups excluding tert-OH is 3. The molecular weight excluding hydrogens is 424 g/mol. The number of hydrogen-bond acceptors (Lipinski definition) is 7. The first-order valence-electron chi connectivity index (χ1n) is 12.0. The van der Waals surface area contributed by atoms with Crippen molar-refractivity contribution in [1.29, 1.82) is 0 Å². The zero-order valence-corrected chi connectivity index (χ0v) is 19.8. The van der Waals surface area contributed by atoms with E-state index in [0.29, 0.717) is 12.8 Å². The van der Waals surface area contributed by atoms with Gasteiger partial charge in [-0.25, -0.2) is 4.79 Å². The molecule has 0 unspecified atom stereocenters. The Hall–Kier alpha value is -1.67. The number of esters is 1. The lowest BCUT2D eigenvalue weighted by Crippen LogP contribution is -2.88. The summed E-state index contributed by atoms with van der Waals surface area (Å²) in [7, 11) is 0. The van der Waals surface area contributed by atoms with E-state index in [1.807, 2.05) is 32.9 Å². The van der Waals surface area contributed by atoms with Crippen molar-refractivity contribution in [1.82, 2.24) is 0 Å². The predicted molar refractivity (Wildman–Crippen MR) is 117 cm³/mol. The van der Waals surface area contributed by atoms with E-state index < -0.39 is 57.6 Å². The molecule has 0 amide bonds. The number of allylic oxidation sites excluding steroid dienone is 1. The second kappa shape index (κ2) is 6.11. The minimum Gasteiger partial charge on any atom is -0.472 e. The van der Waals surface area contributed by atoms with Gasteiger partial charge in [-0.15, -0.1) is 0 Å². The molecule has 0 aromatic carbocycles. The molecule has 1 saturated heterocycles. The molecule has 33 heavy (non-hydrogen) atoms. The molecule has 4 fully saturated rings. The smallest absolute Gasteiger partial charge is 0.330 e. The number of carbonyl (C=O) groups excluding carboxylic acids is 1. The first kappa shape index (κ1) is 21.8. The Morgan fingerprint density at radius 2 is 1.76 bits per heavy atom. The number of rotatable bonds is 1. The standard InChI is InChI=1S/C26H34O7/c1-22(2)15-11-17-25(5)20(23(15,3)8-6-18(28)33-22)19(29)21(30)24(4)14(13-7-9-31-12-13)10-16(27)26(24,25)32-17/h6-9,12,14-17,19-21,27,29-30H,10-11H2,1-5H3/t14-,15-,16+,17+,19+,20+,21-,23-,24+,25+,26-/m0/s1. The fourth-order valence-corrected chi connectivity index (χ4v) is 9.61. The highest BCUT2D eigenvalue weighted by molar-refractivity contribution is 5.83. The van der Waals surface area contributed by atoms with Crippen LogP contribution in [0.4, 0.5) is 0 Å². The first-order valence-corrected chi connectivity index (χ1v) is 12.0. The Balaban J connectivity index is 1.56. The molecule has 3 saturated carbocycles. The van der Waals surface area contributed by atoms with Gasteiger partial charge in [0.05, 0.1) is 36.9 Å². The molecule has 0 bridgehead atoms. The van der Waals surface area contributed by atoms with Crippen LogP contribution in [0.1, 0.15) is 58.9 Å². The van der Waals surface area contributed by atoms with Crippen LogP contribution in [0.3, 0.4) is 0 Å². The van der Waals surface area contributed by atoms with Crippen LogP contribution < -0.4 is 0 Å². The number of furan rings is 1. The van der Waals surface area contributed by atoms with Crippen molar-refractivity contribution in [2.45, 2.75) is 89.0 Å². The van der Waals surface area contributed by atoms with Gasteiger partial charge >= 0.3 is 5.97 Å². The lowest BCUT2D eigenvalue weighted by Gasteiger charge is -2.80. The average Bonchev–Trinajstić information content (AvgIpc) is 3.31. The van der Waals surface area contributed by atoms with Crippen molar-refractivity contribution in [3.63, 3.8) is 0 Å². The lowest BCUT2D eigenvalue weighted by atomic mass is 9.33. The maximum atomic E-state index is 12.4. The minimum atomic E-state index is -1.14. The van der Waals surface area contributed by atoms with Gasteiger partial charge in [-0.1, -0.05) is 26.8 Å². The van der Waals surface area contributed by atoms with E-state index >= 15 is 0 Å². The highest BCUT2D eigenvalue weighted by atomic mass is 16.6. The van der Waals surface area contributed by atoms with Crippen LogP contribution in [-0.2, 0) is 14.3 Å². The summed E-state index contributed by atoms with van der Waals surface area (Å²) < 4.78 is 17.8. The molecule has 180 valence electrons. The van der Waals surface area contributed by atoms with E-state index in [1.54, 1.807) is 12.5 Å². The van der Waals surface area contributed by atoms with Crippen LogP contribution in [-0.4, -0.2) is 56.9 Å². The van der Waals surface area contributed by atoms with Crippen molar-refractivity contribution >= 4 is 5.97 Å². The van der Waals surface area contributed by atoms with Crippen LogP contribution in [0.25, 0.3) is 0 Å². The van der Waals surface area contributed by atoms with E-state index in [2.05, 4.69) is 13.8 Å². The SMILES string of the molecule is CC1(C)OC(=O)C=C[C@]2(C)[C@H]3[C@@H](O)[C@H](O)[C@@]4(C)[C@H](c5ccoc5)C[C@@H](O)[C@]45O[C@H](C[C@@H]12)[C@]35C. The highest BCUT2D eigenvalue weighted by Gasteiger charge is 2.88. The second-order valence-corrected chi connectivity index (χ2v) is 12.2. The zero-order valence-electron chi connectivity index (χ0n) is 19.8. The van der Waals surface area contributed by atoms with Crippen molar-refractivity contribution in [2.75, 3.05) is 0 Å². The third-order valence-electron chi connectivity index (χ3n) is 10.8. The number of aliphatic hydroxyl groups is 3. The van der Waals surface area contributed by atoms with E-state index in [-0.39, 0.29) is 17.9 Å². The average molecular weight is 459 g/mol. The number of hydrogen-bond donors (Lipinski definition) is 3. The molecule has 0 radical (unpaired) electrons. The monoisotopic (exact) mass is 458 g/mol. The molecule has 1 spiro atoms. The van der Waals surface area contributed by atoms with Gasteiger partial charge in [0, 0.05) is 34.7 Å². The molecular formula is C26H34O7. The molecule has 3 aliphatic carbocycles. The van der Waals surface area contributed by atoms with E-state index in [4.69, 9.17) is 13.9 Å². The second-order valence-electron chi connectivity index (χ2n) is 12.2. The molecule has 5 aliphatic rings. The molecule has 11 atom stereocenters. The van der Waals surface area contributed by atoms with Crippen molar-refractivity contribution in [2.24, 2.45) is 28.1 Å². The van der Waals surface area contributed by atoms with Gasteiger partial charge in [-0.2, -0.15) is 0 Å².